The zero-order valence-corrected chi connectivity index (χ0v) is 29.2. The van der Waals surface area contributed by atoms with Crippen molar-refractivity contribution < 1.29 is 11.2 Å². The fourth-order valence-electron chi connectivity index (χ4n) is 5.61. The van der Waals surface area contributed by atoms with Gasteiger partial charge in [-0.05, 0) is 51.4 Å². The zero-order valence-electron chi connectivity index (χ0n) is 20.9. The molecule has 0 amide bonds. The van der Waals surface area contributed by atoms with Gasteiger partial charge in [0.25, 0.3) is 0 Å². The summed E-state index contributed by atoms with van der Waals surface area (Å²) in [6, 6.07) is 0. The van der Waals surface area contributed by atoms with Crippen LogP contribution in [0.25, 0.3) is 0 Å². The van der Waals surface area contributed by atoms with Gasteiger partial charge in [-0.25, -0.2) is 0 Å². The van der Waals surface area contributed by atoms with Gasteiger partial charge in [-0.3, -0.25) is 0 Å². The SMILES string of the molecule is Cc1sc(C)c2c1SCC(C1CCCCC1)S2.[Cl][Fe]([Cl])[Cl].c1scc2c1SCC(C1CCCCC1)S2. The number of thioether (sulfide) groups is 4. The Morgan fingerprint density at radius 1 is 0.667 bits per heavy atom. The van der Waals surface area contributed by atoms with Gasteiger partial charge in [0, 0.05) is 62.1 Å². The maximum atomic E-state index is 4.89. The number of fused-ring (bicyclic) bond motifs is 2. The Morgan fingerprint density at radius 2 is 1.17 bits per heavy atom. The normalized spacial score (nSPS) is 25.0. The van der Waals surface area contributed by atoms with Crippen molar-refractivity contribution in [1.82, 2.24) is 0 Å². The quantitative estimate of drug-likeness (QED) is 0.286. The number of rotatable bonds is 2. The number of hydrogen-bond acceptors (Lipinski definition) is 6. The van der Waals surface area contributed by atoms with Crippen molar-refractivity contribution in [2.75, 3.05) is 11.5 Å². The van der Waals surface area contributed by atoms with Crippen molar-refractivity contribution in [2.45, 2.75) is 108 Å². The third-order valence-corrected chi connectivity index (χ3v) is 16.0. The van der Waals surface area contributed by atoms with E-state index in [-0.39, 0.29) is 0 Å². The van der Waals surface area contributed by atoms with Gasteiger partial charge >= 0.3 is 41.5 Å². The Bertz CT molecular complexity index is 933. The molecule has 0 aromatic carbocycles. The van der Waals surface area contributed by atoms with Crippen LogP contribution in [0.15, 0.2) is 30.3 Å². The van der Waals surface area contributed by atoms with E-state index in [4.69, 9.17) is 30.3 Å². The van der Waals surface area contributed by atoms with Gasteiger partial charge in [-0.1, -0.05) is 38.5 Å². The maximum Gasteiger partial charge on any atom is 0.0318 e. The second kappa shape index (κ2) is 16.0. The first kappa shape index (κ1) is 31.1. The van der Waals surface area contributed by atoms with Crippen LogP contribution >= 0.6 is 100 Å². The van der Waals surface area contributed by atoms with Crippen LogP contribution in [-0.4, -0.2) is 22.0 Å². The summed E-state index contributed by atoms with van der Waals surface area (Å²) >= 11 is 11.1. The average molecular weight is 703 g/mol. The first-order valence-corrected chi connectivity index (χ1v) is 22.9. The Labute approximate surface area is 260 Å². The molecule has 0 bridgehead atoms. The van der Waals surface area contributed by atoms with Crippen LogP contribution in [0.1, 0.15) is 74.0 Å². The summed E-state index contributed by atoms with van der Waals surface area (Å²) in [5.74, 6) is 4.69. The summed E-state index contributed by atoms with van der Waals surface area (Å²) < 4.78 is 0. The van der Waals surface area contributed by atoms with Crippen molar-refractivity contribution in [1.29, 1.82) is 0 Å². The predicted octanol–water partition coefficient (Wildman–Crippen LogP) is 12.5. The molecule has 4 heterocycles. The third-order valence-electron chi connectivity index (χ3n) is 7.44. The van der Waals surface area contributed by atoms with Crippen LogP contribution in [0, 0.1) is 25.7 Å². The fraction of sp³-hybridized carbons (Fsp3) is 0.692. The molecule has 205 valence electrons. The van der Waals surface area contributed by atoms with Crippen LogP contribution in [0.3, 0.4) is 0 Å². The standard InChI is InChI=1S/C14H20S3.C12H16S3.3ClH.Fe/c1-9-13-14(10(2)16-9)17-12(8-15-13)11-6-4-3-5-7-11;1-2-4-9(5-3-1)10-8-14-11-6-13-7-12(11)15-10;;;;/h11-12H,3-8H2,1-2H3;6-7,9-10H,1-5,8H2;3*1H;/q;;;;;+3/p-3. The molecule has 2 aromatic heterocycles. The van der Waals surface area contributed by atoms with E-state index in [1.807, 2.05) is 22.7 Å². The molecule has 2 unspecified atom stereocenters. The van der Waals surface area contributed by atoms with Gasteiger partial charge in [0.2, 0.25) is 0 Å². The van der Waals surface area contributed by atoms with Gasteiger partial charge in [0.1, 0.15) is 0 Å². The molecule has 6 rings (SSSR count). The molecule has 0 saturated heterocycles. The predicted molar refractivity (Wildman–Crippen MR) is 170 cm³/mol. The number of hydrogen-bond donors (Lipinski definition) is 0. The Hall–Kier alpha value is 2.19. The molecule has 0 spiro atoms. The number of halogens is 3. The van der Waals surface area contributed by atoms with Gasteiger partial charge in [-0.15, -0.1) is 58.4 Å². The van der Waals surface area contributed by atoms with Gasteiger partial charge < -0.3 is 0 Å². The molecule has 2 aromatic rings. The number of thiophene rings is 2. The van der Waals surface area contributed by atoms with Crippen LogP contribution in [0.4, 0.5) is 0 Å². The molecule has 2 saturated carbocycles. The Morgan fingerprint density at radius 3 is 1.78 bits per heavy atom. The second-order valence-corrected chi connectivity index (χ2v) is 22.1. The second-order valence-electron chi connectivity index (χ2n) is 9.86. The molecule has 36 heavy (non-hydrogen) atoms. The van der Waals surface area contributed by atoms with Crippen molar-refractivity contribution in [3.63, 3.8) is 0 Å². The van der Waals surface area contributed by atoms with E-state index in [0.717, 1.165) is 22.3 Å². The molecule has 0 N–H and O–H groups in total. The first-order valence-electron chi connectivity index (χ1n) is 12.8. The van der Waals surface area contributed by atoms with E-state index in [1.165, 1.54) is 85.5 Å². The smallest absolute Gasteiger partial charge is 0.0318 e. The minimum absolute atomic E-state index is 0.889. The molecule has 2 aliphatic carbocycles. The first-order chi connectivity index (χ1) is 17.4. The maximum absolute atomic E-state index is 4.89. The molecule has 4 aliphatic rings. The van der Waals surface area contributed by atoms with E-state index in [9.17, 15) is 0 Å². The van der Waals surface area contributed by atoms with E-state index in [1.54, 1.807) is 19.6 Å². The van der Waals surface area contributed by atoms with Crippen LogP contribution < -0.4 is 0 Å². The molecule has 0 radical (unpaired) electrons. The van der Waals surface area contributed by atoms with E-state index < -0.39 is 11.2 Å². The van der Waals surface area contributed by atoms with Crippen molar-refractivity contribution in [3.8, 4) is 0 Å². The molecule has 2 fully saturated rings. The monoisotopic (exact) mass is 701 g/mol. The third kappa shape index (κ3) is 9.10. The molecular formula is C26H36Cl3FeS6. The average Bonchev–Trinajstić information content (AvgIpc) is 3.48. The summed E-state index contributed by atoms with van der Waals surface area (Å²) in [4.78, 5) is 9.42. The topological polar surface area (TPSA) is 0 Å². The van der Waals surface area contributed by atoms with Crippen LogP contribution in [0.5, 0.6) is 0 Å². The van der Waals surface area contributed by atoms with E-state index in [2.05, 4.69) is 71.7 Å². The molecule has 10 heteroatoms. The summed E-state index contributed by atoms with van der Waals surface area (Å²) in [5, 5.41) is 6.43. The van der Waals surface area contributed by atoms with Gasteiger partial charge in [-0.2, -0.15) is 11.3 Å². The fourth-order valence-corrected chi connectivity index (χ4v) is 14.4. The van der Waals surface area contributed by atoms with E-state index in [0.29, 0.717) is 0 Å². The Balaban J connectivity index is 0.000000148. The van der Waals surface area contributed by atoms with Crippen molar-refractivity contribution in [2.24, 2.45) is 11.8 Å². The molecular weight excluding hydrogens is 667 g/mol. The summed E-state index contributed by atoms with van der Waals surface area (Å²) in [7, 11) is 14.7. The van der Waals surface area contributed by atoms with Crippen molar-refractivity contribution >= 4 is 100 Å². The van der Waals surface area contributed by atoms with E-state index >= 15 is 0 Å². The summed E-state index contributed by atoms with van der Waals surface area (Å²) in [5.41, 5.74) is 0. The van der Waals surface area contributed by atoms with Gasteiger partial charge in [0.05, 0.1) is 0 Å². The van der Waals surface area contributed by atoms with Gasteiger partial charge in [0.15, 0.2) is 0 Å². The largest absolute Gasteiger partial charge is 0.150 e. The minimum atomic E-state index is -1.33. The van der Waals surface area contributed by atoms with Crippen LogP contribution in [-0.2, 0) is 11.2 Å². The van der Waals surface area contributed by atoms with Crippen molar-refractivity contribution in [3.05, 3.63) is 20.5 Å². The minimum Gasteiger partial charge on any atom is -0.150 e. The summed E-state index contributed by atoms with van der Waals surface area (Å²) in [6.45, 7) is 4.58. The molecule has 2 atom stereocenters. The zero-order chi connectivity index (χ0) is 25.5. The molecule has 2 aliphatic heterocycles. The van der Waals surface area contributed by atoms with Crippen LogP contribution in [0.2, 0.25) is 0 Å². The Kier molecular flexibility index (Phi) is 13.8. The number of aryl methyl sites for hydroxylation is 2. The summed E-state index contributed by atoms with van der Waals surface area (Å²) in [6.07, 6.45) is 14.8. The molecule has 0 nitrogen and oxygen atoms in total.